The highest BCUT2D eigenvalue weighted by Gasteiger charge is 2.11. The fraction of sp³-hybridized carbons (Fsp3) is 0.875. The standard InChI is InChI=1S/C8H15NOS3/c1-2-10-8(11)12-13-9-6-4-3-5-7-9/h2-7H2,1H3. The molecule has 0 bridgehead atoms. The molecule has 0 N–H and O–H groups in total. The lowest BCUT2D eigenvalue weighted by Gasteiger charge is -2.23. The van der Waals surface area contributed by atoms with E-state index in [1.165, 1.54) is 32.4 Å². The van der Waals surface area contributed by atoms with Gasteiger partial charge in [-0.1, -0.05) is 6.42 Å². The molecule has 1 fully saturated rings. The van der Waals surface area contributed by atoms with Crippen molar-refractivity contribution in [3.05, 3.63) is 0 Å². The third-order valence-electron chi connectivity index (χ3n) is 1.79. The molecule has 2 nitrogen and oxygen atoms in total. The Balaban J connectivity index is 2.06. The van der Waals surface area contributed by atoms with Crippen molar-refractivity contribution in [3.63, 3.8) is 0 Å². The number of nitrogens with zero attached hydrogens (tertiary/aromatic N) is 1. The molecule has 0 spiro atoms. The van der Waals surface area contributed by atoms with Crippen LogP contribution in [0.25, 0.3) is 0 Å². The first kappa shape index (κ1) is 11.6. The Kier molecular flexibility index (Phi) is 6.19. The average molecular weight is 237 g/mol. The number of thiocarbonyl (C=S) groups is 1. The van der Waals surface area contributed by atoms with Crippen molar-refractivity contribution >= 4 is 38.4 Å². The van der Waals surface area contributed by atoms with Gasteiger partial charge in [-0.2, -0.15) is 0 Å². The van der Waals surface area contributed by atoms with Gasteiger partial charge in [0.2, 0.25) is 4.38 Å². The molecule has 0 radical (unpaired) electrons. The van der Waals surface area contributed by atoms with Crippen molar-refractivity contribution in [2.45, 2.75) is 26.2 Å². The molecule has 0 amide bonds. The average Bonchev–Trinajstić information content (AvgIpc) is 2.17. The van der Waals surface area contributed by atoms with Crippen molar-refractivity contribution < 1.29 is 4.74 Å². The van der Waals surface area contributed by atoms with E-state index in [1.807, 2.05) is 6.92 Å². The summed E-state index contributed by atoms with van der Waals surface area (Å²) in [6.45, 7) is 5.00. The molecular formula is C8H15NOS3. The van der Waals surface area contributed by atoms with E-state index >= 15 is 0 Å². The molecule has 0 aromatic carbocycles. The van der Waals surface area contributed by atoms with Crippen LogP contribution < -0.4 is 0 Å². The maximum absolute atomic E-state index is 5.18. The molecule has 13 heavy (non-hydrogen) atoms. The molecule has 1 aliphatic heterocycles. The summed E-state index contributed by atoms with van der Waals surface area (Å²) < 4.78 is 8.19. The highest BCUT2D eigenvalue weighted by Crippen LogP contribution is 2.30. The molecule has 76 valence electrons. The van der Waals surface area contributed by atoms with Crippen LogP contribution in [-0.4, -0.2) is 28.4 Å². The molecule has 5 heteroatoms. The molecule has 0 aromatic heterocycles. The fourth-order valence-corrected chi connectivity index (χ4v) is 3.39. The Hall–Kier alpha value is 0.550. The summed E-state index contributed by atoms with van der Waals surface area (Å²) in [6.07, 6.45) is 4.00. The lowest BCUT2D eigenvalue weighted by Crippen LogP contribution is -2.22. The number of hydrogen-bond acceptors (Lipinski definition) is 5. The van der Waals surface area contributed by atoms with Crippen LogP contribution in [0.4, 0.5) is 0 Å². The van der Waals surface area contributed by atoms with Gasteiger partial charge < -0.3 is 4.74 Å². The number of rotatable bonds is 3. The second-order valence-electron chi connectivity index (χ2n) is 2.83. The lowest BCUT2D eigenvalue weighted by atomic mass is 10.2. The molecule has 1 rings (SSSR count). The zero-order valence-electron chi connectivity index (χ0n) is 7.82. The smallest absolute Gasteiger partial charge is 0.232 e. The zero-order chi connectivity index (χ0) is 9.52. The van der Waals surface area contributed by atoms with E-state index in [2.05, 4.69) is 4.31 Å². The topological polar surface area (TPSA) is 12.5 Å². The van der Waals surface area contributed by atoms with Crippen LogP contribution in [0.2, 0.25) is 0 Å². The number of ether oxygens (including phenoxy) is 1. The summed E-state index contributed by atoms with van der Waals surface area (Å²) in [5, 5.41) is 0. The fourth-order valence-electron chi connectivity index (χ4n) is 1.16. The van der Waals surface area contributed by atoms with Crippen LogP contribution >= 0.6 is 34.0 Å². The van der Waals surface area contributed by atoms with E-state index in [0.29, 0.717) is 11.0 Å². The van der Waals surface area contributed by atoms with Gasteiger partial charge in [0.25, 0.3) is 0 Å². The van der Waals surface area contributed by atoms with Crippen molar-refractivity contribution in [3.8, 4) is 0 Å². The summed E-state index contributed by atoms with van der Waals surface area (Å²) in [4.78, 5) is 0. The minimum absolute atomic E-state index is 0.651. The van der Waals surface area contributed by atoms with Crippen LogP contribution in [0.1, 0.15) is 26.2 Å². The van der Waals surface area contributed by atoms with Gasteiger partial charge in [0.1, 0.15) is 0 Å². The molecule has 0 aliphatic carbocycles. The first-order chi connectivity index (χ1) is 6.33. The minimum atomic E-state index is 0.651. The SMILES string of the molecule is CCOC(=S)SSN1CCCCC1. The highest BCUT2D eigenvalue weighted by atomic mass is 33.1. The summed E-state index contributed by atoms with van der Waals surface area (Å²) in [5.74, 6) is 0. The van der Waals surface area contributed by atoms with E-state index in [-0.39, 0.29) is 0 Å². The Labute approximate surface area is 93.3 Å². The first-order valence-electron chi connectivity index (χ1n) is 4.59. The van der Waals surface area contributed by atoms with Crippen molar-refractivity contribution in [1.82, 2.24) is 4.31 Å². The van der Waals surface area contributed by atoms with E-state index in [1.54, 1.807) is 21.8 Å². The molecule has 0 aromatic rings. The van der Waals surface area contributed by atoms with E-state index in [0.717, 1.165) is 0 Å². The van der Waals surface area contributed by atoms with Gasteiger partial charge in [-0.15, -0.1) is 0 Å². The summed E-state index contributed by atoms with van der Waals surface area (Å²) in [5.41, 5.74) is 0. The van der Waals surface area contributed by atoms with E-state index in [9.17, 15) is 0 Å². The van der Waals surface area contributed by atoms with Gasteiger partial charge in [0.15, 0.2) is 0 Å². The van der Waals surface area contributed by atoms with E-state index in [4.69, 9.17) is 17.0 Å². The molecule has 1 saturated heterocycles. The van der Waals surface area contributed by atoms with Gasteiger partial charge in [0, 0.05) is 34.9 Å². The van der Waals surface area contributed by atoms with Crippen molar-refractivity contribution in [2.24, 2.45) is 0 Å². The van der Waals surface area contributed by atoms with Crippen LogP contribution in [-0.2, 0) is 4.74 Å². The van der Waals surface area contributed by atoms with Gasteiger partial charge >= 0.3 is 0 Å². The van der Waals surface area contributed by atoms with Crippen LogP contribution in [0, 0.1) is 0 Å². The molecule has 1 heterocycles. The van der Waals surface area contributed by atoms with Crippen molar-refractivity contribution in [1.29, 1.82) is 0 Å². The van der Waals surface area contributed by atoms with Gasteiger partial charge in [-0.25, -0.2) is 4.31 Å². The predicted octanol–water partition coefficient (Wildman–Crippen LogP) is 3.09. The first-order valence-corrected chi connectivity index (χ1v) is 7.10. The van der Waals surface area contributed by atoms with E-state index < -0.39 is 0 Å². The Morgan fingerprint density at radius 2 is 2.08 bits per heavy atom. The quantitative estimate of drug-likeness (QED) is 0.423. The largest absolute Gasteiger partial charge is 0.478 e. The summed E-state index contributed by atoms with van der Waals surface area (Å²) >= 11 is 5.01. The third-order valence-corrected chi connectivity index (χ3v) is 4.69. The molecule has 1 aliphatic rings. The van der Waals surface area contributed by atoms with Crippen LogP contribution in [0.15, 0.2) is 0 Å². The summed E-state index contributed by atoms with van der Waals surface area (Å²) in [7, 11) is 3.29. The molecule has 0 unspecified atom stereocenters. The lowest BCUT2D eigenvalue weighted by molar-refractivity contribution is 0.346. The summed E-state index contributed by atoms with van der Waals surface area (Å²) in [6, 6.07) is 0. The zero-order valence-corrected chi connectivity index (χ0v) is 10.3. The maximum Gasteiger partial charge on any atom is 0.232 e. The molecule has 0 atom stereocenters. The number of piperidine rings is 1. The highest BCUT2D eigenvalue weighted by molar-refractivity contribution is 8.82. The van der Waals surface area contributed by atoms with Crippen LogP contribution in [0.5, 0.6) is 0 Å². The Bertz CT molecular complexity index is 159. The monoisotopic (exact) mass is 237 g/mol. The van der Waals surface area contributed by atoms with Gasteiger partial charge in [-0.05, 0) is 32.0 Å². The predicted molar refractivity (Wildman–Crippen MR) is 64.8 cm³/mol. The third kappa shape index (κ3) is 5.10. The molecule has 0 saturated carbocycles. The second kappa shape index (κ2) is 6.92. The second-order valence-corrected chi connectivity index (χ2v) is 5.61. The van der Waals surface area contributed by atoms with Crippen molar-refractivity contribution in [2.75, 3.05) is 19.7 Å². The number of hydrogen-bond donors (Lipinski definition) is 0. The Morgan fingerprint density at radius 1 is 1.38 bits per heavy atom. The van der Waals surface area contributed by atoms with Crippen LogP contribution in [0.3, 0.4) is 0 Å². The maximum atomic E-state index is 5.18. The van der Waals surface area contributed by atoms with Gasteiger partial charge in [0.05, 0.1) is 6.61 Å². The Morgan fingerprint density at radius 3 is 2.69 bits per heavy atom. The normalized spacial score (nSPS) is 18.5. The van der Waals surface area contributed by atoms with Gasteiger partial charge in [-0.3, -0.25) is 0 Å². The minimum Gasteiger partial charge on any atom is -0.478 e. The molecular weight excluding hydrogens is 222 g/mol.